The molecule has 2 rings (SSSR count). The zero-order valence-corrected chi connectivity index (χ0v) is 10.8. The maximum atomic E-state index is 12.0. The maximum absolute atomic E-state index is 12.0. The first kappa shape index (κ1) is 12.6. The van der Waals surface area contributed by atoms with Crippen LogP contribution < -0.4 is 4.72 Å². The van der Waals surface area contributed by atoms with Gasteiger partial charge in [-0.15, -0.1) is 0 Å². The molecule has 1 unspecified atom stereocenters. The van der Waals surface area contributed by atoms with E-state index in [0.717, 1.165) is 18.4 Å². The van der Waals surface area contributed by atoms with Gasteiger partial charge in [0.15, 0.2) is 0 Å². The molecule has 0 spiro atoms. The van der Waals surface area contributed by atoms with E-state index in [1.54, 1.807) is 16.7 Å². The van der Waals surface area contributed by atoms with Gasteiger partial charge >= 0.3 is 0 Å². The monoisotopic (exact) mass is 257 g/mol. The summed E-state index contributed by atoms with van der Waals surface area (Å²) in [5.74, 6) is 0.451. The topological polar surface area (TPSA) is 65.2 Å². The lowest BCUT2D eigenvalue weighted by molar-refractivity contribution is 0.278. The van der Waals surface area contributed by atoms with Crippen LogP contribution in [0.2, 0.25) is 0 Å². The summed E-state index contributed by atoms with van der Waals surface area (Å²) in [6.45, 7) is 3.69. The fraction of sp³-hybridized carbons (Fsp3) is 0.636. The molecule has 1 fully saturated rings. The van der Waals surface area contributed by atoms with Crippen LogP contribution in [-0.4, -0.2) is 30.8 Å². The van der Waals surface area contributed by atoms with Crippen LogP contribution in [0, 0.1) is 5.92 Å². The number of aromatic amines is 1. The Morgan fingerprint density at radius 3 is 3.06 bits per heavy atom. The third kappa shape index (κ3) is 3.31. The zero-order valence-electron chi connectivity index (χ0n) is 10.0. The summed E-state index contributed by atoms with van der Waals surface area (Å²) >= 11 is 0. The van der Waals surface area contributed by atoms with Crippen LogP contribution in [0.4, 0.5) is 0 Å². The van der Waals surface area contributed by atoms with E-state index in [1.165, 1.54) is 0 Å². The molecule has 2 heterocycles. The summed E-state index contributed by atoms with van der Waals surface area (Å²) in [7, 11) is -3.32. The van der Waals surface area contributed by atoms with Crippen molar-refractivity contribution >= 4 is 10.2 Å². The standard InChI is InChI=1S/C11H19N3O2S/c1-10-3-2-6-14(9-10)17(15,16)13-8-11-4-5-12-7-11/h4-5,7,10,12-13H,2-3,6,8-9H2,1H3. The molecule has 0 amide bonds. The Hall–Kier alpha value is -0.850. The van der Waals surface area contributed by atoms with Gasteiger partial charge in [-0.25, -0.2) is 0 Å². The third-order valence-electron chi connectivity index (χ3n) is 3.08. The van der Waals surface area contributed by atoms with E-state index in [4.69, 9.17) is 0 Å². The van der Waals surface area contributed by atoms with Gasteiger partial charge < -0.3 is 4.98 Å². The number of nitrogens with zero attached hydrogens (tertiary/aromatic N) is 1. The third-order valence-corrected chi connectivity index (χ3v) is 4.60. The van der Waals surface area contributed by atoms with Gasteiger partial charge in [0.25, 0.3) is 10.2 Å². The van der Waals surface area contributed by atoms with Gasteiger partial charge in [0.05, 0.1) is 0 Å². The first-order valence-corrected chi connectivity index (χ1v) is 7.38. The van der Waals surface area contributed by atoms with Crippen LogP contribution in [0.5, 0.6) is 0 Å². The van der Waals surface area contributed by atoms with Crippen molar-refractivity contribution in [2.75, 3.05) is 13.1 Å². The predicted octanol–water partition coefficient (Wildman–Crippen LogP) is 1.08. The summed E-state index contributed by atoms with van der Waals surface area (Å²) in [6, 6.07) is 1.86. The highest BCUT2D eigenvalue weighted by Gasteiger charge is 2.26. The molecule has 6 heteroatoms. The van der Waals surface area contributed by atoms with Gasteiger partial charge in [0.1, 0.15) is 0 Å². The Morgan fingerprint density at radius 1 is 1.59 bits per heavy atom. The number of hydrogen-bond donors (Lipinski definition) is 2. The highest BCUT2D eigenvalue weighted by atomic mass is 32.2. The number of piperidine rings is 1. The molecule has 1 aromatic heterocycles. The molecule has 0 bridgehead atoms. The average Bonchev–Trinajstić information content (AvgIpc) is 2.79. The van der Waals surface area contributed by atoms with E-state index < -0.39 is 10.2 Å². The average molecular weight is 257 g/mol. The van der Waals surface area contributed by atoms with Crippen molar-refractivity contribution in [3.63, 3.8) is 0 Å². The van der Waals surface area contributed by atoms with Gasteiger partial charge in [0.2, 0.25) is 0 Å². The molecule has 1 aromatic rings. The SMILES string of the molecule is CC1CCCN(S(=O)(=O)NCc2cc[nH]c2)C1. The van der Waals surface area contributed by atoms with E-state index in [2.05, 4.69) is 16.6 Å². The minimum atomic E-state index is -3.32. The normalized spacial score (nSPS) is 22.8. The summed E-state index contributed by atoms with van der Waals surface area (Å²) in [4.78, 5) is 2.90. The van der Waals surface area contributed by atoms with Crippen LogP contribution in [0.15, 0.2) is 18.5 Å². The van der Waals surface area contributed by atoms with E-state index in [9.17, 15) is 8.42 Å². The first-order chi connectivity index (χ1) is 8.08. The van der Waals surface area contributed by atoms with Crippen molar-refractivity contribution in [2.45, 2.75) is 26.3 Å². The minimum Gasteiger partial charge on any atom is -0.367 e. The Kier molecular flexibility index (Phi) is 3.86. The summed E-state index contributed by atoms with van der Waals surface area (Å²) in [5.41, 5.74) is 0.943. The quantitative estimate of drug-likeness (QED) is 0.847. The number of rotatable bonds is 4. The van der Waals surface area contributed by atoms with E-state index in [0.29, 0.717) is 25.6 Å². The van der Waals surface area contributed by atoms with Crippen LogP contribution in [0.1, 0.15) is 25.3 Å². The largest absolute Gasteiger partial charge is 0.367 e. The van der Waals surface area contributed by atoms with E-state index in [1.807, 2.05) is 6.07 Å². The van der Waals surface area contributed by atoms with Gasteiger partial charge in [-0.1, -0.05) is 6.92 Å². The lowest BCUT2D eigenvalue weighted by Gasteiger charge is -2.29. The molecule has 1 aliphatic heterocycles. The fourth-order valence-electron chi connectivity index (χ4n) is 2.10. The van der Waals surface area contributed by atoms with Crippen molar-refractivity contribution in [3.8, 4) is 0 Å². The second-order valence-electron chi connectivity index (χ2n) is 4.65. The van der Waals surface area contributed by atoms with Gasteiger partial charge in [0, 0.05) is 32.0 Å². The second-order valence-corrected chi connectivity index (χ2v) is 6.41. The zero-order chi connectivity index (χ0) is 12.3. The summed E-state index contributed by atoms with van der Waals surface area (Å²) in [5, 5.41) is 0. The van der Waals surface area contributed by atoms with Crippen LogP contribution in [0.25, 0.3) is 0 Å². The molecule has 2 N–H and O–H groups in total. The van der Waals surface area contributed by atoms with Gasteiger partial charge in [-0.3, -0.25) is 0 Å². The molecular weight excluding hydrogens is 238 g/mol. The van der Waals surface area contributed by atoms with Crippen molar-refractivity contribution in [2.24, 2.45) is 5.92 Å². The maximum Gasteiger partial charge on any atom is 0.279 e. The number of nitrogens with one attached hydrogen (secondary N) is 2. The molecule has 0 aliphatic carbocycles. The number of H-pyrrole nitrogens is 1. The smallest absolute Gasteiger partial charge is 0.279 e. The summed E-state index contributed by atoms with van der Waals surface area (Å²) < 4.78 is 28.2. The molecular formula is C11H19N3O2S. The molecule has 5 nitrogen and oxygen atoms in total. The Morgan fingerprint density at radius 2 is 2.41 bits per heavy atom. The molecule has 96 valence electrons. The lowest BCUT2D eigenvalue weighted by Crippen LogP contribution is -2.45. The summed E-state index contributed by atoms with van der Waals surface area (Å²) in [6.07, 6.45) is 5.64. The number of aromatic nitrogens is 1. The van der Waals surface area contributed by atoms with Gasteiger partial charge in [-0.05, 0) is 30.4 Å². The van der Waals surface area contributed by atoms with E-state index >= 15 is 0 Å². The van der Waals surface area contributed by atoms with Crippen molar-refractivity contribution < 1.29 is 8.42 Å². The first-order valence-electron chi connectivity index (χ1n) is 5.94. The van der Waals surface area contributed by atoms with Crippen molar-refractivity contribution in [1.29, 1.82) is 0 Å². The Balaban J connectivity index is 1.94. The van der Waals surface area contributed by atoms with Crippen LogP contribution >= 0.6 is 0 Å². The molecule has 17 heavy (non-hydrogen) atoms. The van der Waals surface area contributed by atoms with Crippen molar-refractivity contribution in [1.82, 2.24) is 14.0 Å². The predicted molar refractivity (Wildman–Crippen MR) is 66.5 cm³/mol. The van der Waals surface area contributed by atoms with Crippen LogP contribution in [-0.2, 0) is 16.8 Å². The Labute approximate surface area is 102 Å². The molecule has 1 saturated heterocycles. The van der Waals surface area contributed by atoms with Gasteiger partial charge in [-0.2, -0.15) is 17.4 Å². The number of hydrogen-bond acceptors (Lipinski definition) is 2. The molecule has 0 radical (unpaired) electrons. The molecule has 1 aliphatic rings. The second kappa shape index (κ2) is 5.20. The molecule has 0 saturated carbocycles. The molecule has 1 atom stereocenters. The fourth-order valence-corrected chi connectivity index (χ4v) is 3.45. The Bertz CT molecular complexity index is 441. The van der Waals surface area contributed by atoms with Crippen LogP contribution in [0.3, 0.4) is 0 Å². The highest BCUT2D eigenvalue weighted by Crippen LogP contribution is 2.17. The van der Waals surface area contributed by atoms with Crippen molar-refractivity contribution in [3.05, 3.63) is 24.0 Å². The minimum absolute atomic E-state index is 0.344. The molecule has 0 aromatic carbocycles. The van der Waals surface area contributed by atoms with E-state index in [-0.39, 0.29) is 0 Å². The highest BCUT2D eigenvalue weighted by molar-refractivity contribution is 7.87. The lowest BCUT2D eigenvalue weighted by atomic mass is 10.0.